The molecule has 1 saturated carbocycles. The summed E-state index contributed by atoms with van der Waals surface area (Å²) in [4.78, 5) is 1.97. The molecule has 0 aromatic rings. The van der Waals surface area contributed by atoms with Crippen molar-refractivity contribution in [2.75, 3.05) is 26.2 Å². The third kappa shape index (κ3) is 1.77. The average Bonchev–Trinajstić information content (AvgIpc) is 2.49. The summed E-state index contributed by atoms with van der Waals surface area (Å²) in [5.41, 5.74) is 0. The van der Waals surface area contributed by atoms with Crippen molar-refractivity contribution in [2.24, 2.45) is 11.8 Å². The highest BCUT2D eigenvalue weighted by Crippen LogP contribution is 2.45. The maximum atomic E-state index is 13.5. The highest BCUT2D eigenvalue weighted by molar-refractivity contribution is 4.95. The summed E-state index contributed by atoms with van der Waals surface area (Å²) in [6.45, 7) is 1.84. The molecule has 2 nitrogen and oxygen atoms in total. The van der Waals surface area contributed by atoms with Gasteiger partial charge in [0.15, 0.2) is 0 Å². The van der Waals surface area contributed by atoms with Crippen molar-refractivity contribution in [1.82, 2.24) is 4.90 Å². The van der Waals surface area contributed by atoms with Gasteiger partial charge in [0.25, 0.3) is 5.92 Å². The van der Waals surface area contributed by atoms with Crippen molar-refractivity contribution in [3.63, 3.8) is 0 Å². The normalized spacial score (nSPS) is 37.1. The molecule has 1 aliphatic heterocycles. The molecule has 0 aromatic heterocycles. The van der Waals surface area contributed by atoms with E-state index in [1.54, 1.807) is 0 Å². The van der Waals surface area contributed by atoms with Crippen LogP contribution in [-0.2, 0) is 0 Å². The third-order valence-electron chi connectivity index (χ3n) is 3.56. The first-order chi connectivity index (χ1) is 6.63. The minimum Gasteiger partial charge on any atom is -0.395 e. The summed E-state index contributed by atoms with van der Waals surface area (Å²) in [6.07, 6.45) is 1.64. The Morgan fingerprint density at radius 1 is 1.36 bits per heavy atom. The Hall–Kier alpha value is -0.220. The van der Waals surface area contributed by atoms with Crippen molar-refractivity contribution >= 4 is 0 Å². The van der Waals surface area contributed by atoms with Crippen molar-refractivity contribution in [3.05, 3.63) is 0 Å². The molecule has 0 bridgehead atoms. The lowest BCUT2D eigenvalue weighted by Crippen LogP contribution is -2.37. The summed E-state index contributed by atoms with van der Waals surface area (Å²) in [6, 6.07) is 0. The summed E-state index contributed by atoms with van der Waals surface area (Å²) in [7, 11) is 0. The van der Waals surface area contributed by atoms with Crippen molar-refractivity contribution in [2.45, 2.75) is 25.2 Å². The zero-order valence-corrected chi connectivity index (χ0v) is 8.25. The highest BCUT2D eigenvalue weighted by Gasteiger charge is 2.50. The van der Waals surface area contributed by atoms with Gasteiger partial charge in [0.1, 0.15) is 0 Å². The van der Waals surface area contributed by atoms with Crippen LogP contribution >= 0.6 is 0 Å². The van der Waals surface area contributed by atoms with Crippen LogP contribution in [0.5, 0.6) is 0 Å². The first kappa shape index (κ1) is 10.3. The topological polar surface area (TPSA) is 23.5 Å². The summed E-state index contributed by atoms with van der Waals surface area (Å²) >= 11 is 0. The van der Waals surface area contributed by atoms with Crippen LogP contribution in [0.2, 0.25) is 0 Å². The van der Waals surface area contributed by atoms with E-state index in [9.17, 15) is 8.78 Å². The van der Waals surface area contributed by atoms with Gasteiger partial charge in [0, 0.05) is 32.0 Å². The third-order valence-corrected chi connectivity index (χ3v) is 3.56. The van der Waals surface area contributed by atoms with Crippen LogP contribution in [0, 0.1) is 11.8 Å². The van der Waals surface area contributed by atoms with Gasteiger partial charge >= 0.3 is 0 Å². The van der Waals surface area contributed by atoms with Crippen LogP contribution in [-0.4, -0.2) is 42.2 Å². The quantitative estimate of drug-likeness (QED) is 0.735. The van der Waals surface area contributed by atoms with Crippen LogP contribution in [0.1, 0.15) is 19.3 Å². The van der Waals surface area contributed by atoms with E-state index in [1.807, 2.05) is 4.90 Å². The van der Waals surface area contributed by atoms with Gasteiger partial charge < -0.3 is 10.0 Å². The second-order valence-corrected chi connectivity index (χ2v) is 4.50. The van der Waals surface area contributed by atoms with Gasteiger partial charge in [0.05, 0.1) is 6.61 Å². The van der Waals surface area contributed by atoms with E-state index in [4.69, 9.17) is 5.11 Å². The minimum absolute atomic E-state index is 0.0567. The van der Waals surface area contributed by atoms with Gasteiger partial charge in [-0.3, -0.25) is 0 Å². The fraction of sp³-hybridized carbons (Fsp3) is 1.00. The highest BCUT2D eigenvalue weighted by atomic mass is 19.3. The maximum absolute atomic E-state index is 13.5. The molecule has 1 heterocycles. The standard InChI is InChI=1S/C10H17F2NO/c11-10(12)3-1-2-8-6-13(4-5-14)7-9(8)10/h8-9,14H,1-7H2. The number of nitrogens with zero attached hydrogens (tertiary/aromatic N) is 1. The van der Waals surface area contributed by atoms with Crippen molar-refractivity contribution in [1.29, 1.82) is 0 Å². The zero-order chi connectivity index (χ0) is 10.2. The van der Waals surface area contributed by atoms with E-state index in [2.05, 4.69) is 0 Å². The molecule has 2 rings (SSSR count). The molecule has 2 atom stereocenters. The van der Waals surface area contributed by atoms with E-state index in [0.717, 1.165) is 13.0 Å². The molecular formula is C10H17F2NO. The molecule has 2 fully saturated rings. The fourth-order valence-corrected chi connectivity index (χ4v) is 2.84. The molecule has 0 aromatic carbocycles. The number of rotatable bonds is 2. The molecule has 2 aliphatic rings. The molecule has 0 spiro atoms. The Bertz CT molecular complexity index is 210. The van der Waals surface area contributed by atoms with Gasteiger partial charge in [-0.05, 0) is 18.8 Å². The van der Waals surface area contributed by atoms with Crippen LogP contribution < -0.4 is 0 Å². The summed E-state index contributed by atoms with van der Waals surface area (Å²) < 4.78 is 27.0. The van der Waals surface area contributed by atoms with Gasteiger partial charge in [-0.2, -0.15) is 0 Å². The van der Waals surface area contributed by atoms with Crippen molar-refractivity contribution in [3.8, 4) is 0 Å². The second-order valence-electron chi connectivity index (χ2n) is 4.50. The fourth-order valence-electron chi connectivity index (χ4n) is 2.84. The van der Waals surface area contributed by atoms with E-state index < -0.39 is 11.8 Å². The van der Waals surface area contributed by atoms with Crippen LogP contribution in [0.15, 0.2) is 0 Å². The van der Waals surface area contributed by atoms with E-state index >= 15 is 0 Å². The van der Waals surface area contributed by atoms with Crippen LogP contribution in [0.4, 0.5) is 8.78 Å². The molecule has 0 amide bonds. The molecule has 1 saturated heterocycles. The first-order valence-electron chi connectivity index (χ1n) is 5.34. The van der Waals surface area contributed by atoms with E-state index in [1.165, 1.54) is 0 Å². The maximum Gasteiger partial charge on any atom is 0.252 e. The molecule has 14 heavy (non-hydrogen) atoms. The molecule has 2 unspecified atom stereocenters. The number of hydrogen-bond donors (Lipinski definition) is 1. The summed E-state index contributed by atoms with van der Waals surface area (Å²) in [5.74, 6) is -2.76. The van der Waals surface area contributed by atoms with Gasteiger partial charge in [-0.15, -0.1) is 0 Å². The van der Waals surface area contributed by atoms with Crippen LogP contribution in [0.25, 0.3) is 0 Å². The van der Waals surface area contributed by atoms with E-state index in [-0.39, 0.29) is 18.9 Å². The number of hydrogen-bond acceptors (Lipinski definition) is 2. The average molecular weight is 205 g/mol. The van der Waals surface area contributed by atoms with Gasteiger partial charge in [0.2, 0.25) is 0 Å². The molecule has 4 heteroatoms. The Morgan fingerprint density at radius 3 is 2.79 bits per heavy atom. The SMILES string of the molecule is OCCN1CC2CCCC(F)(F)C2C1. The number of alkyl halides is 2. The van der Waals surface area contributed by atoms with Crippen molar-refractivity contribution < 1.29 is 13.9 Å². The largest absolute Gasteiger partial charge is 0.395 e. The second kappa shape index (κ2) is 3.74. The minimum atomic E-state index is -2.47. The smallest absolute Gasteiger partial charge is 0.252 e. The monoisotopic (exact) mass is 205 g/mol. The Labute approximate surface area is 82.9 Å². The Kier molecular flexibility index (Phi) is 2.75. The molecule has 82 valence electrons. The number of likely N-dealkylation sites (tertiary alicyclic amines) is 1. The number of β-amino-alcohol motifs (C(OH)–C–C–N with tert-alkyl or cyclic N) is 1. The number of aliphatic hydroxyl groups is 1. The molecular weight excluding hydrogens is 188 g/mol. The lowest BCUT2D eigenvalue weighted by atomic mass is 9.79. The number of halogens is 2. The summed E-state index contributed by atoms with van der Waals surface area (Å²) in [5, 5.41) is 8.76. The lowest BCUT2D eigenvalue weighted by Gasteiger charge is -2.32. The molecule has 0 radical (unpaired) electrons. The van der Waals surface area contributed by atoms with E-state index in [0.29, 0.717) is 19.5 Å². The molecule has 1 aliphatic carbocycles. The predicted octanol–water partition coefficient (Wildman–Crippen LogP) is 1.35. The van der Waals surface area contributed by atoms with Gasteiger partial charge in [-0.25, -0.2) is 8.78 Å². The van der Waals surface area contributed by atoms with Gasteiger partial charge in [-0.1, -0.05) is 0 Å². The first-order valence-corrected chi connectivity index (χ1v) is 5.34. The van der Waals surface area contributed by atoms with Crippen LogP contribution in [0.3, 0.4) is 0 Å². The lowest BCUT2D eigenvalue weighted by molar-refractivity contribution is -0.0946. The number of fused-ring (bicyclic) bond motifs is 1. The molecule has 1 N–H and O–H groups in total. The Balaban J connectivity index is 2.01. The predicted molar refractivity (Wildman–Crippen MR) is 49.3 cm³/mol. The number of aliphatic hydroxyl groups excluding tert-OH is 1. The zero-order valence-electron chi connectivity index (χ0n) is 8.25. The Morgan fingerprint density at radius 2 is 2.14 bits per heavy atom.